The second-order valence-electron chi connectivity index (χ2n) is 5.16. The Balaban J connectivity index is 1.77. The van der Waals surface area contributed by atoms with Crippen LogP contribution in [0.3, 0.4) is 0 Å². The summed E-state index contributed by atoms with van der Waals surface area (Å²) in [7, 11) is 1.56. The molecule has 1 atom stereocenters. The van der Waals surface area contributed by atoms with Crippen LogP contribution in [0.1, 0.15) is 0 Å². The molecule has 0 aromatic heterocycles. The molecular weight excluding hydrogens is 258 g/mol. The minimum Gasteiger partial charge on any atom is -0.494 e. The molecule has 1 aromatic rings. The van der Waals surface area contributed by atoms with Gasteiger partial charge in [-0.1, -0.05) is 0 Å². The van der Waals surface area contributed by atoms with Crippen LogP contribution in [0.2, 0.25) is 0 Å². The van der Waals surface area contributed by atoms with Gasteiger partial charge in [0, 0.05) is 37.9 Å². The summed E-state index contributed by atoms with van der Waals surface area (Å²) in [5, 5.41) is 2.97. The fraction of sp³-hybridized carbons (Fsp3) is 0.571. The van der Waals surface area contributed by atoms with Crippen molar-refractivity contribution in [3.63, 3.8) is 0 Å². The molecule has 1 aromatic carbocycles. The number of hydrogen-bond donors (Lipinski definition) is 0. The van der Waals surface area contributed by atoms with Crippen molar-refractivity contribution >= 4 is 11.4 Å². The number of fused-ring (bicyclic) bond motifs is 1. The molecule has 0 unspecified atom stereocenters. The summed E-state index contributed by atoms with van der Waals surface area (Å²) in [5.41, 5.74) is 1.41. The summed E-state index contributed by atoms with van der Waals surface area (Å²) in [6, 6.07) is 5.98. The SMILES string of the molecule is COc1cc(N2CCN3CCOC[C@H]3C2)ccc1N=O. The highest BCUT2D eigenvalue weighted by atomic mass is 16.5. The molecule has 108 valence electrons. The van der Waals surface area contributed by atoms with Gasteiger partial charge in [0.15, 0.2) is 0 Å². The average Bonchev–Trinajstić information content (AvgIpc) is 2.53. The summed E-state index contributed by atoms with van der Waals surface area (Å²) in [6.07, 6.45) is 0. The van der Waals surface area contributed by atoms with Gasteiger partial charge in [0.2, 0.25) is 0 Å². The van der Waals surface area contributed by atoms with E-state index in [9.17, 15) is 4.91 Å². The molecule has 20 heavy (non-hydrogen) atoms. The third-order valence-corrected chi connectivity index (χ3v) is 4.06. The van der Waals surface area contributed by atoms with Crippen LogP contribution in [-0.2, 0) is 4.74 Å². The Bertz CT molecular complexity index is 495. The van der Waals surface area contributed by atoms with E-state index in [1.54, 1.807) is 13.2 Å². The maximum Gasteiger partial charge on any atom is 0.150 e. The Morgan fingerprint density at radius 2 is 2.25 bits per heavy atom. The fourth-order valence-electron chi connectivity index (χ4n) is 2.92. The highest BCUT2D eigenvalue weighted by Gasteiger charge is 2.29. The van der Waals surface area contributed by atoms with Gasteiger partial charge >= 0.3 is 0 Å². The lowest BCUT2D eigenvalue weighted by Crippen LogP contribution is -2.58. The molecule has 0 saturated carbocycles. The molecule has 0 aliphatic carbocycles. The van der Waals surface area contributed by atoms with E-state index in [2.05, 4.69) is 15.0 Å². The van der Waals surface area contributed by atoms with E-state index in [1.807, 2.05) is 12.1 Å². The highest BCUT2D eigenvalue weighted by Crippen LogP contribution is 2.32. The molecule has 2 heterocycles. The number of anilines is 1. The molecule has 2 saturated heterocycles. The Labute approximate surface area is 118 Å². The second kappa shape index (κ2) is 5.76. The Kier molecular flexibility index (Phi) is 3.84. The average molecular weight is 277 g/mol. The number of benzene rings is 1. The number of nitroso groups, excluding NO2 is 1. The van der Waals surface area contributed by atoms with E-state index in [4.69, 9.17) is 9.47 Å². The van der Waals surface area contributed by atoms with Gasteiger partial charge in [-0.2, -0.15) is 0 Å². The third kappa shape index (κ3) is 2.48. The van der Waals surface area contributed by atoms with Crippen LogP contribution in [0.5, 0.6) is 5.75 Å². The van der Waals surface area contributed by atoms with Crippen LogP contribution < -0.4 is 9.64 Å². The van der Waals surface area contributed by atoms with Crippen molar-refractivity contribution in [2.45, 2.75) is 6.04 Å². The minimum atomic E-state index is 0.343. The van der Waals surface area contributed by atoms with E-state index in [0.29, 0.717) is 17.5 Å². The summed E-state index contributed by atoms with van der Waals surface area (Å²) in [6.45, 7) is 5.62. The zero-order valence-electron chi connectivity index (χ0n) is 11.6. The van der Waals surface area contributed by atoms with Crippen molar-refractivity contribution in [2.75, 3.05) is 51.4 Å². The number of morpholine rings is 1. The molecular formula is C14H19N3O3. The summed E-state index contributed by atoms with van der Waals surface area (Å²) < 4.78 is 10.8. The largest absolute Gasteiger partial charge is 0.494 e. The first-order valence-electron chi connectivity index (χ1n) is 6.90. The zero-order chi connectivity index (χ0) is 13.9. The van der Waals surface area contributed by atoms with E-state index >= 15 is 0 Å². The summed E-state index contributed by atoms with van der Waals surface area (Å²) in [4.78, 5) is 15.5. The van der Waals surface area contributed by atoms with Gasteiger partial charge in [0.1, 0.15) is 11.4 Å². The number of ether oxygens (including phenoxy) is 2. The predicted octanol–water partition coefficient (Wildman–Crippen LogP) is 1.61. The van der Waals surface area contributed by atoms with Gasteiger partial charge in [-0.25, -0.2) is 0 Å². The number of methoxy groups -OCH3 is 1. The number of rotatable bonds is 3. The van der Waals surface area contributed by atoms with E-state index in [-0.39, 0.29) is 0 Å². The van der Waals surface area contributed by atoms with E-state index in [1.165, 1.54) is 0 Å². The molecule has 2 aliphatic rings. The smallest absolute Gasteiger partial charge is 0.150 e. The van der Waals surface area contributed by atoms with Crippen LogP contribution in [0.4, 0.5) is 11.4 Å². The summed E-state index contributed by atoms with van der Waals surface area (Å²) in [5.74, 6) is 0.528. The maximum absolute atomic E-state index is 10.7. The van der Waals surface area contributed by atoms with Crippen molar-refractivity contribution in [2.24, 2.45) is 5.18 Å². The normalized spacial score (nSPS) is 23.2. The lowest BCUT2D eigenvalue weighted by Gasteiger charge is -2.44. The van der Waals surface area contributed by atoms with Crippen molar-refractivity contribution in [3.05, 3.63) is 23.1 Å². The number of piperazine rings is 1. The van der Waals surface area contributed by atoms with Gasteiger partial charge in [-0.05, 0) is 17.3 Å². The van der Waals surface area contributed by atoms with E-state index in [0.717, 1.165) is 45.1 Å². The zero-order valence-corrected chi connectivity index (χ0v) is 11.6. The van der Waals surface area contributed by atoms with Crippen LogP contribution in [0.25, 0.3) is 0 Å². The molecule has 3 rings (SSSR count). The van der Waals surface area contributed by atoms with Crippen LogP contribution >= 0.6 is 0 Å². The predicted molar refractivity (Wildman–Crippen MR) is 76.8 cm³/mol. The Morgan fingerprint density at radius 3 is 3.05 bits per heavy atom. The first-order chi connectivity index (χ1) is 9.81. The van der Waals surface area contributed by atoms with Gasteiger partial charge in [-0.3, -0.25) is 4.90 Å². The fourth-order valence-corrected chi connectivity index (χ4v) is 2.92. The molecule has 0 spiro atoms. The topological polar surface area (TPSA) is 54.4 Å². The van der Waals surface area contributed by atoms with Gasteiger partial charge in [0.05, 0.1) is 26.4 Å². The van der Waals surface area contributed by atoms with Gasteiger partial charge in [-0.15, -0.1) is 4.91 Å². The van der Waals surface area contributed by atoms with Gasteiger partial charge in [0.25, 0.3) is 0 Å². The third-order valence-electron chi connectivity index (χ3n) is 4.06. The lowest BCUT2D eigenvalue weighted by atomic mass is 10.1. The standard InChI is InChI=1S/C14H19N3O3/c1-19-14-8-11(2-3-13(14)15-18)17-5-4-16-6-7-20-10-12(16)9-17/h2-3,8,12H,4-7,9-10H2,1H3/t12-/m1/s1. The minimum absolute atomic E-state index is 0.343. The molecule has 0 radical (unpaired) electrons. The van der Waals surface area contributed by atoms with Crippen LogP contribution in [0.15, 0.2) is 23.4 Å². The van der Waals surface area contributed by atoms with Crippen molar-refractivity contribution < 1.29 is 9.47 Å². The van der Waals surface area contributed by atoms with Crippen LogP contribution in [0, 0.1) is 4.91 Å². The van der Waals surface area contributed by atoms with Crippen LogP contribution in [-0.4, -0.2) is 57.4 Å². The number of hydrogen-bond acceptors (Lipinski definition) is 6. The highest BCUT2D eigenvalue weighted by molar-refractivity contribution is 5.62. The van der Waals surface area contributed by atoms with Gasteiger partial charge < -0.3 is 14.4 Å². The molecule has 0 bridgehead atoms. The van der Waals surface area contributed by atoms with Crippen molar-refractivity contribution in [1.82, 2.24) is 4.90 Å². The number of nitrogens with zero attached hydrogens (tertiary/aromatic N) is 3. The lowest BCUT2D eigenvalue weighted by molar-refractivity contribution is -0.0116. The quantitative estimate of drug-likeness (QED) is 0.786. The molecule has 2 aliphatic heterocycles. The molecule has 2 fully saturated rings. The first-order valence-corrected chi connectivity index (χ1v) is 6.90. The summed E-state index contributed by atoms with van der Waals surface area (Å²) >= 11 is 0. The van der Waals surface area contributed by atoms with Crippen molar-refractivity contribution in [1.29, 1.82) is 0 Å². The molecule has 0 amide bonds. The first kappa shape index (κ1) is 13.3. The van der Waals surface area contributed by atoms with Crippen molar-refractivity contribution in [3.8, 4) is 5.75 Å². The Hall–Kier alpha value is -1.66. The molecule has 6 nitrogen and oxygen atoms in total. The Morgan fingerprint density at radius 1 is 1.35 bits per heavy atom. The monoisotopic (exact) mass is 277 g/mol. The van der Waals surface area contributed by atoms with E-state index < -0.39 is 0 Å². The molecule has 6 heteroatoms. The second-order valence-corrected chi connectivity index (χ2v) is 5.16. The maximum atomic E-state index is 10.7. The molecule has 0 N–H and O–H groups in total.